The number of rotatable bonds is 5. The van der Waals surface area contributed by atoms with Crippen LogP contribution in [0.1, 0.15) is 32.1 Å². The van der Waals surface area contributed by atoms with E-state index in [2.05, 4.69) is 15.5 Å². The molecule has 6 nitrogen and oxygen atoms in total. The maximum absolute atomic E-state index is 12.4. The van der Waals surface area contributed by atoms with Gasteiger partial charge in [0, 0.05) is 50.6 Å². The van der Waals surface area contributed by atoms with Crippen molar-refractivity contribution in [1.82, 2.24) is 15.5 Å². The first-order chi connectivity index (χ1) is 10.7. The van der Waals surface area contributed by atoms with Gasteiger partial charge in [0.2, 0.25) is 5.91 Å². The van der Waals surface area contributed by atoms with Gasteiger partial charge < -0.3 is 20.5 Å². The standard InChI is InChI=1S/C16H29N3O3.2ClH/c20-14-12-17-10-13(14)11-18-15(21)9-16(3-1-2-4-16)19-5-7-22-8-6-19;;/h13-14,17,20H,1-12H2,(H,18,21);2*1H. The molecule has 3 fully saturated rings. The zero-order valence-electron chi connectivity index (χ0n) is 14.2. The first-order valence-corrected chi connectivity index (χ1v) is 8.68. The average molecular weight is 384 g/mol. The quantitative estimate of drug-likeness (QED) is 0.646. The molecule has 1 aliphatic carbocycles. The fourth-order valence-electron chi connectivity index (χ4n) is 4.21. The van der Waals surface area contributed by atoms with E-state index in [4.69, 9.17) is 4.74 Å². The van der Waals surface area contributed by atoms with Crippen molar-refractivity contribution in [2.45, 2.75) is 43.7 Å². The van der Waals surface area contributed by atoms with Gasteiger partial charge in [0.25, 0.3) is 0 Å². The molecule has 142 valence electrons. The lowest BCUT2D eigenvalue weighted by molar-refractivity contribution is -0.125. The summed E-state index contributed by atoms with van der Waals surface area (Å²) >= 11 is 0. The van der Waals surface area contributed by atoms with Gasteiger partial charge in [0.1, 0.15) is 0 Å². The van der Waals surface area contributed by atoms with Gasteiger partial charge in [-0.15, -0.1) is 24.8 Å². The van der Waals surface area contributed by atoms with E-state index in [1.54, 1.807) is 0 Å². The van der Waals surface area contributed by atoms with Crippen LogP contribution >= 0.6 is 24.8 Å². The summed E-state index contributed by atoms with van der Waals surface area (Å²) in [6.45, 7) is 5.45. The SMILES string of the molecule is Cl.Cl.O=C(CC1(N2CCOCC2)CCCC1)NCC1CNCC1O. The normalized spacial score (nSPS) is 29.5. The smallest absolute Gasteiger partial charge is 0.221 e. The molecule has 3 aliphatic rings. The number of hydrogen-bond donors (Lipinski definition) is 3. The molecular formula is C16H31Cl2N3O3. The maximum atomic E-state index is 12.4. The predicted molar refractivity (Wildman–Crippen MR) is 98.1 cm³/mol. The highest BCUT2D eigenvalue weighted by Gasteiger charge is 2.41. The molecule has 0 spiro atoms. The molecule has 2 heterocycles. The lowest BCUT2D eigenvalue weighted by Gasteiger charge is -2.43. The second-order valence-electron chi connectivity index (χ2n) is 7.00. The van der Waals surface area contributed by atoms with Gasteiger partial charge in [-0.3, -0.25) is 9.69 Å². The molecule has 1 saturated carbocycles. The van der Waals surface area contributed by atoms with E-state index < -0.39 is 0 Å². The van der Waals surface area contributed by atoms with Gasteiger partial charge in [-0.25, -0.2) is 0 Å². The van der Waals surface area contributed by atoms with Crippen molar-refractivity contribution in [2.75, 3.05) is 45.9 Å². The molecule has 8 heteroatoms. The van der Waals surface area contributed by atoms with Gasteiger partial charge in [0.15, 0.2) is 0 Å². The minimum Gasteiger partial charge on any atom is -0.391 e. The third-order valence-electron chi connectivity index (χ3n) is 5.57. The number of ether oxygens (including phenoxy) is 1. The summed E-state index contributed by atoms with van der Waals surface area (Å²) in [5, 5.41) is 16.0. The minimum absolute atomic E-state index is 0. The van der Waals surface area contributed by atoms with Gasteiger partial charge >= 0.3 is 0 Å². The molecule has 2 unspecified atom stereocenters. The van der Waals surface area contributed by atoms with Crippen molar-refractivity contribution in [3.63, 3.8) is 0 Å². The van der Waals surface area contributed by atoms with E-state index in [1.807, 2.05) is 0 Å². The Morgan fingerprint density at radius 1 is 1.21 bits per heavy atom. The summed E-state index contributed by atoms with van der Waals surface area (Å²) in [5.41, 5.74) is 0.0421. The van der Waals surface area contributed by atoms with Crippen molar-refractivity contribution in [1.29, 1.82) is 0 Å². The van der Waals surface area contributed by atoms with E-state index in [1.165, 1.54) is 12.8 Å². The van der Waals surface area contributed by atoms with Gasteiger partial charge in [-0.1, -0.05) is 12.8 Å². The maximum Gasteiger partial charge on any atom is 0.221 e. The highest BCUT2D eigenvalue weighted by molar-refractivity contribution is 5.85. The van der Waals surface area contributed by atoms with Gasteiger partial charge in [-0.2, -0.15) is 0 Å². The summed E-state index contributed by atoms with van der Waals surface area (Å²) < 4.78 is 5.46. The molecule has 0 aromatic carbocycles. The van der Waals surface area contributed by atoms with Crippen molar-refractivity contribution in [2.24, 2.45) is 5.92 Å². The molecule has 0 radical (unpaired) electrons. The first-order valence-electron chi connectivity index (χ1n) is 8.68. The number of halogens is 2. The Morgan fingerprint density at radius 3 is 2.46 bits per heavy atom. The molecular weight excluding hydrogens is 353 g/mol. The molecule has 0 aromatic heterocycles. The van der Waals surface area contributed by atoms with Crippen LogP contribution in [0, 0.1) is 5.92 Å². The summed E-state index contributed by atoms with van der Waals surface area (Å²) in [6.07, 6.45) is 4.93. The lowest BCUT2D eigenvalue weighted by Crippen LogP contribution is -2.54. The van der Waals surface area contributed by atoms with Crippen LogP contribution in [0.4, 0.5) is 0 Å². The number of aliphatic hydroxyl groups excluding tert-OH is 1. The van der Waals surface area contributed by atoms with Crippen LogP contribution < -0.4 is 10.6 Å². The Morgan fingerprint density at radius 2 is 1.88 bits per heavy atom. The Bertz CT molecular complexity index is 389. The van der Waals surface area contributed by atoms with Crippen LogP contribution in [0.25, 0.3) is 0 Å². The molecule has 24 heavy (non-hydrogen) atoms. The third kappa shape index (κ3) is 5.19. The number of nitrogens with one attached hydrogen (secondary N) is 2. The Kier molecular flexibility index (Phi) is 9.27. The minimum atomic E-state index is -0.333. The molecule has 0 bridgehead atoms. The van der Waals surface area contributed by atoms with Crippen molar-refractivity contribution < 1.29 is 14.6 Å². The molecule has 2 atom stereocenters. The van der Waals surface area contributed by atoms with Crippen LogP contribution in [0.15, 0.2) is 0 Å². The number of amides is 1. The average Bonchev–Trinajstić information content (AvgIpc) is 3.16. The number of morpholine rings is 1. The molecule has 3 rings (SSSR count). The fraction of sp³-hybridized carbons (Fsp3) is 0.938. The third-order valence-corrected chi connectivity index (χ3v) is 5.57. The van der Waals surface area contributed by atoms with Gasteiger partial charge in [-0.05, 0) is 12.8 Å². The zero-order valence-corrected chi connectivity index (χ0v) is 15.8. The van der Waals surface area contributed by atoms with Crippen molar-refractivity contribution >= 4 is 30.7 Å². The topological polar surface area (TPSA) is 73.8 Å². The lowest BCUT2D eigenvalue weighted by atomic mass is 9.89. The van der Waals surface area contributed by atoms with E-state index in [9.17, 15) is 9.90 Å². The summed E-state index contributed by atoms with van der Waals surface area (Å²) in [4.78, 5) is 14.9. The summed E-state index contributed by atoms with van der Waals surface area (Å²) in [5.74, 6) is 0.277. The number of β-amino-alcohol motifs (C(OH)–C–C–N with tert-alkyl or cyclic N) is 1. The Hall–Kier alpha value is -0.110. The second kappa shape index (κ2) is 10.1. The van der Waals surface area contributed by atoms with Crippen LogP contribution in [-0.4, -0.2) is 73.5 Å². The molecule has 1 amide bonds. The number of aliphatic hydroxyl groups is 1. The molecule has 3 N–H and O–H groups in total. The van der Waals surface area contributed by atoms with Gasteiger partial charge in [0.05, 0.1) is 19.3 Å². The van der Waals surface area contributed by atoms with E-state index in [-0.39, 0.29) is 48.3 Å². The Labute approximate surface area is 156 Å². The fourth-order valence-corrected chi connectivity index (χ4v) is 4.21. The highest BCUT2D eigenvalue weighted by Crippen LogP contribution is 2.38. The summed E-state index contributed by atoms with van der Waals surface area (Å²) in [6, 6.07) is 0. The van der Waals surface area contributed by atoms with Crippen molar-refractivity contribution in [3.05, 3.63) is 0 Å². The number of hydrogen-bond acceptors (Lipinski definition) is 5. The first kappa shape index (κ1) is 21.9. The molecule has 2 aliphatic heterocycles. The van der Waals surface area contributed by atoms with Crippen LogP contribution in [0.3, 0.4) is 0 Å². The monoisotopic (exact) mass is 383 g/mol. The Balaban J connectivity index is 0.00000144. The van der Waals surface area contributed by atoms with Crippen LogP contribution in [0.2, 0.25) is 0 Å². The van der Waals surface area contributed by atoms with E-state index >= 15 is 0 Å². The second-order valence-corrected chi connectivity index (χ2v) is 7.00. The van der Waals surface area contributed by atoms with Crippen molar-refractivity contribution in [3.8, 4) is 0 Å². The van der Waals surface area contributed by atoms with E-state index in [0.717, 1.165) is 45.7 Å². The zero-order chi connectivity index (χ0) is 15.4. The van der Waals surface area contributed by atoms with Crippen LogP contribution in [-0.2, 0) is 9.53 Å². The molecule has 0 aromatic rings. The predicted octanol–water partition coefficient (Wildman–Crippen LogP) is 0.562. The number of carbonyl (C=O) groups is 1. The van der Waals surface area contributed by atoms with Crippen LogP contribution in [0.5, 0.6) is 0 Å². The van der Waals surface area contributed by atoms with E-state index in [0.29, 0.717) is 19.5 Å². The number of carbonyl (C=O) groups excluding carboxylic acids is 1. The molecule has 2 saturated heterocycles. The summed E-state index contributed by atoms with van der Waals surface area (Å²) in [7, 11) is 0. The number of nitrogens with zero attached hydrogens (tertiary/aromatic N) is 1. The largest absolute Gasteiger partial charge is 0.391 e. The highest BCUT2D eigenvalue weighted by atomic mass is 35.5.